The number of nitrogens with zero attached hydrogens (tertiary/aromatic N) is 3. The summed E-state index contributed by atoms with van der Waals surface area (Å²) in [6, 6.07) is 10.2. The Kier molecular flexibility index (Phi) is 4.53. The number of hydrogen-bond donors (Lipinski definition) is 2. The zero-order valence-corrected chi connectivity index (χ0v) is 11.8. The van der Waals surface area contributed by atoms with Gasteiger partial charge in [-0.25, -0.2) is 0 Å². The highest BCUT2D eigenvalue weighted by atomic mass is 16.4. The molecular weight excluding hydrogens is 252 g/mol. The van der Waals surface area contributed by atoms with Gasteiger partial charge in [-0.05, 0) is 18.7 Å². The Bertz CT molecular complexity index is 606. The molecule has 5 heteroatoms. The number of oxime groups is 1. The molecule has 1 heterocycles. The SMILES string of the molecule is CC(CN(C)Cc1cccc2cccnc12)C(N)=NO. The van der Waals surface area contributed by atoms with Crippen LogP contribution in [0.5, 0.6) is 0 Å². The van der Waals surface area contributed by atoms with Crippen LogP contribution in [0.1, 0.15) is 12.5 Å². The van der Waals surface area contributed by atoms with Gasteiger partial charge in [-0.15, -0.1) is 0 Å². The average molecular weight is 272 g/mol. The molecule has 0 saturated heterocycles. The van der Waals surface area contributed by atoms with Gasteiger partial charge in [0.25, 0.3) is 0 Å². The lowest BCUT2D eigenvalue weighted by atomic mass is 10.1. The first-order valence-electron chi connectivity index (χ1n) is 6.60. The van der Waals surface area contributed by atoms with Crippen LogP contribution in [-0.4, -0.2) is 34.5 Å². The number of amidine groups is 1. The normalized spacial score (nSPS) is 13.8. The van der Waals surface area contributed by atoms with Gasteiger partial charge in [0, 0.05) is 30.6 Å². The second kappa shape index (κ2) is 6.34. The minimum atomic E-state index is 0.00735. The molecular formula is C15H20N4O. The fourth-order valence-corrected chi connectivity index (χ4v) is 2.31. The number of para-hydroxylation sites is 1. The molecule has 1 aromatic carbocycles. The molecule has 0 aliphatic rings. The third-order valence-electron chi connectivity index (χ3n) is 3.36. The third-order valence-corrected chi connectivity index (χ3v) is 3.36. The van der Waals surface area contributed by atoms with Gasteiger partial charge in [0.2, 0.25) is 0 Å². The average Bonchev–Trinajstić information content (AvgIpc) is 2.46. The van der Waals surface area contributed by atoms with E-state index in [0.717, 1.165) is 24.0 Å². The summed E-state index contributed by atoms with van der Waals surface area (Å²) in [5, 5.41) is 12.9. The van der Waals surface area contributed by atoms with Crippen molar-refractivity contribution < 1.29 is 5.21 Å². The van der Waals surface area contributed by atoms with Crippen molar-refractivity contribution in [3.8, 4) is 0 Å². The molecule has 1 atom stereocenters. The topological polar surface area (TPSA) is 74.7 Å². The summed E-state index contributed by atoms with van der Waals surface area (Å²) in [7, 11) is 2.02. The first-order chi connectivity index (χ1) is 9.61. The van der Waals surface area contributed by atoms with E-state index in [1.54, 1.807) is 0 Å². The second-order valence-electron chi connectivity index (χ2n) is 5.11. The van der Waals surface area contributed by atoms with E-state index < -0.39 is 0 Å². The number of pyridine rings is 1. The molecule has 0 bridgehead atoms. The highest BCUT2D eigenvalue weighted by Gasteiger charge is 2.12. The van der Waals surface area contributed by atoms with Crippen LogP contribution in [0, 0.1) is 5.92 Å². The molecule has 0 aliphatic carbocycles. The summed E-state index contributed by atoms with van der Waals surface area (Å²) in [4.78, 5) is 6.59. The molecule has 0 saturated carbocycles. The quantitative estimate of drug-likeness (QED) is 0.378. The van der Waals surface area contributed by atoms with Crippen LogP contribution in [0.3, 0.4) is 0 Å². The number of nitrogens with two attached hydrogens (primary N) is 1. The van der Waals surface area contributed by atoms with E-state index >= 15 is 0 Å². The molecule has 2 aromatic rings. The van der Waals surface area contributed by atoms with E-state index in [1.807, 2.05) is 32.3 Å². The van der Waals surface area contributed by atoms with Gasteiger partial charge in [-0.3, -0.25) is 4.98 Å². The Morgan fingerprint density at radius 3 is 2.90 bits per heavy atom. The zero-order valence-electron chi connectivity index (χ0n) is 11.8. The van der Waals surface area contributed by atoms with Crippen LogP contribution in [0.4, 0.5) is 0 Å². The second-order valence-corrected chi connectivity index (χ2v) is 5.11. The van der Waals surface area contributed by atoms with Gasteiger partial charge < -0.3 is 15.8 Å². The number of benzene rings is 1. The maximum Gasteiger partial charge on any atom is 0.143 e. The standard InChI is InChI=1S/C15H20N4O/c1-11(15(16)18-20)9-19(2)10-13-6-3-5-12-7-4-8-17-14(12)13/h3-8,11,20H,9-10H2,1-2H3,(H2,16,18). The van der Waals surface area contributed by atoms with Crippen molar-refractivity contribution in [3.05, 3.63) is 42.1 Å². The molecule has 0 spiro atoms. The lowest BCUT2D eigenvalue weighted by Gasteiger charge is -2.21. The number of rotatable bonds is 5. The maximum absolute atomic E-state index is 8.68. The van der Waals surface area contributed by atoms with Crippen molar-refractivity contribution >= 4 is 16.7 Å². The summed E-state index contributed by atoms with van der Waals surface area (Å²) in [5.74, 6) is 0.265. The largest absolute Gasteiger partial charge is 0.409 e. The number of fused-ring (bicyclic) bond motifs is 1. The van der Waals surface area contributed by atoms with Gasteiger partial charge in [-0.2, -0.15) is 0 Å². The Labute approximate surface area is 118 Å². The Balaban J connectivity index is 2.12. The van der Waals surface area contributed by atoms with Gasteiger partial charge in [0.05, 0.1) is 5.52 Å². The molecule has 0 amide bonds. The molecule has 1 unspecified atom stereocenters. The lowest BCUT2D eigenvalue weighted by Crippen LogP contribution is -2.32. The number of aromatic nitrogens is 1. The molecule has 0 radical (unpaired) electrons. The van der Waals surface area contributed by atoms with Crippen LogP contribution in [0.2, 0.25) is 0 Å². The van der Waals surface area contributed by atoms with E-state index in [2.05, 4.69) is 33.2 Å². The van der Waals surface area contributed by atoms with Gasteiger partial charge >= 0.3 is 0 Å². The minimum Gasteiger partial charge on any atom is -0.409 e. The first-order valence-corrected chi connectivity index (χ1v) is 6.60. The zero-order chi connectivity index (χ0) is 14.5. The molecule has 3 N–H and O–H groups in total. The summed E-state index contributed by atoms with van der Waals surface area (Å²) in [5.41, 5.74) is 7.81. The smallest absolute Gasteiger partial charge is 0.143 e. The monoisotopic (exact) mass is 272 g/mol. The van der Waals surface area contributed by atoms with Crippen LogP contribution in [-0.2, 0) is 6.54 Å². The van der Waals surface area contributed by atoms with Gasteiger partial charge in [0.1, 0.15) is 5.84 Å². The fraction of sp³-hybridized carbons (Fsp3) is 0.333. The summed E-state index contributed by atoms with van der Waals surface area (Å²) in [6.07, 6.45) is 1.81. The molecule has 2 rings (SSSR count). The number of hydrogen-bond acceptors (Lipinski definition) is 4. The van der Waals surface area contributed by atoms with E-state index in [0.29, 0.717) is 0 Å². The molecule has 0 fully saturated rings. The van der Waals surface area contributed by atoms with Crippen LogP contribution >= 0.6 is 0 Å². The lowest BCUT2D eigenvalue weighted by molar-refractivity contribution is 0.291. The maximum atomic E-state index is 8.68. The predicted molar refractivity (Wildman–Crippen MR) is 80.6 cm³/mol. The van der Waals surface area contributed by atoms with E-state index in [4.69, 9.17) is 10.9 Å². The Morgan fingerprint density at radius 2 is 2.15 bits per heavy atom. The summed E-state index contributed by atoms with van der Waals surface area (Å²) < 4.78 is 0. The summed E-state index contributed by atoms with van der Waals surface area (Å²) in [6.45, 7) is 3.43. The highest BCUT2D eigenvalue weighted by Crippen LogP contribution is 2.17. The van der Waals surface area contributed by atoms with Crippen molar-refractivity contribution in [2.45, 2.75) is 13.5 Å². The van der Waals surface area contributed by atoms with Crippen LogP contribution < -0.4 is 5.73 Å². The van der Waals surface area contributed by atoms with E-state index in [9.17, 15) is 0 Å². The fourth-order valence-electron chi connectivity index (χ4n) is 2.31. The molecule has 1 aromatic heterocycles. The Hall–Kier alpha value is -2.14. The first kappa shape index (κ1) is 14.3. The van der Waals surface area contributed by atoms with E-state index in [-0.39, 0.29) is 11.8 Å². The van der Waals surface area contributed by atoms with Crippen LogP contribution in [0.15, 0.2) is 41.7 Å². The highest BCUT2D eigenvalue weighted by molar-refractivity contribution is 5.82. The molecule has 5 nitrogen and oxygen atoms in total. The molecule has 106 valence electrons. The van der Waals surface area contributed by atoms with Crippen molar-refractivity contribution in [1.29, 1.82) is 0 Å². The summed E-state index contributed by atoms with van der Waals surface area (Å²) >= 11 is 0. The minimum absolute atomic E-state index is 0.00735. The molecule has 20 heavy (non-hydrogen) atoms. The van der Waals surface area contributed by atoms with E-state index in [1.165, 1.54) is 5.56 Å². The van der Waals surface area contributed by atoms with Crippen molar-refractivity contribution in [3.63, 3.8) is 0 Å². The molecule has 0 aliphatic heterocycles. The predicted octanol–water partition coefficient (Wildman–Crippen LogP) is 2.05. The Morgan fingerprint density at radius 1 is 1.40 bits per heavy atom. The third kappa shape index (κ3) is 3.24. The van der Waals surface area contributed by atoms with Crippen LogP contribution in [0.25, 0.3) is 10.9 Å². The van der Waals surface area contributed by atoms with Crippen molar-refractivity contribution in [2.24, 2.45) is 16.8 Å². The van der Waals surface area contributed by atoms with Gasteiger partial charge in [0.15, 0.2) is 0 Å². The van der Waals surface area contributed by atoms with Crippen molar-refractivity contribution in [1.82, 2.24) is 9.88 Å². The van der Waals surface area contributed by atoms with Gasteiger partial charge in [-0.1, -0.05) is 36.3 Å². The van der Waals surface area contributed by atoms with Crippen molar-refractivity contribution in [2.75, 3.05) is 13.6 Å².